The van der Waals surface area contributed by atoms with Crippen molar-refractivity contribution in [1.29, 1.82) is 0 Å². The van der Waals surface area contributed by atoms with Crippen molar-refractivity contribution in [2.24, 2.45) is 5.92 Å². The predicted molar refractivity (Wildman–Crippen MR) is 84.9 cm³/mol. The van der Waals surface area contributed by atoms with E-state index in [1.165, 1.54) is 12.8 Å². The molecule has 1 aromatic carbocycles. The molecule has 0 spiro atoms. The Labute approximate surface area is 127 Å². The van der Waals surface area contributed by atoms with Gasteiger partial charge in [0.25, 0.3) is 0 Å². The number of nitrogens with zero attached hydrogens (tertiary/aromatic N) is 1. The lowest BCUT2D eigenvalue weighted by molar-refractivity contribution is 0.202. The van der Waals surface area contributed by atoms with Crippen LogP contribution in [-0.2, 0) is 4.74 Å². The highest BCUT2D eigenvalue weighted by molar-refractivity contribution is 14.1. The van der Waals surface area contributed by atoms with Gasteiger partial charge in [-0.25, -0.2) is 4.39 Å². The van der Waals surface area contributed by atoms with Crippen LogP contribution in [-0.4, -0.2) is 26.3 Å². The Hall–Kier alpha value is -0.560. The molecule has 0 amide bonds. The fourth-order valence-corrected chi connectivity index (χ4v) is 2.86. The van der Waals surface area contributed by atoms with Gasteiger partial charge >= 0.3 is 0 Å². The fraction of sp³-hybridized carbons (Fsp3) is 0.571. The van der Waals surface area contributed by atoms with Crippen molar-refractivity contribution in [2.45, 2.75) is 25.8 Å². The van der Waals surface area contributed by atoms with Crippen LogP contribution in [0.5, 0.6) is 0 Å². The van der Waals surface area contributed by atoms with Gasteiger partial charge in [0, 0.05) is 25.8 Å². The first-order valence-corrected chi connectivity index (χ1v) is 7.62. The van der Waals surface area contributed by atoms with Gasteiger partial charge < -0.3 is 15.4 Å². The lowest BCUT2D eigenvalue weighted by Crippen LogP contribution is -2.37. The fourth-order valence-electron chi connectivity index (χ4n) is 2.37. The van der Waals surface area contributed by atoms with Gasteiger partial charge in [0.15, 0.2) is 0 Å². The molecule has 3 nitrogen and oxygen atoms in total. The number of benzene rings is 1. The minimum atomic E-state index is -0.213. The monoisotopic (exact) mass is 378 g/mol. The molecule has 1 atom stereocenters. The Morgan fingerprint density at radius 2 is 2.21 bits per heavy atom. The molecule has 0 heterocycles. The predicted octanol–water partition coefficient (Wildman–Crippen LogP) is 3.26. The Balaban J connectivity index is 2.28. The van der Waals surface area contributed by atoms with E-state index < -0.39 is 0 Å². The number of nitrogens with two attached hydrogens (primary N) is 1. The van der Waals surface area contributed by atoms with Crippen LogP contribution in [0.25, 0.3) is 0 Å². The van der Waals surface area contributed by atoms with Gasteiger partial charge in [-0.1, -0.05) is 0 Å². The molecule has 106 valence electrons. The quantitative estimate of drug-likeness (QED) is 0.610. The average molecular weight is 378 g/mol. The van der Waals surface area contributed by atoms with Crippen LogP contribution in [0.1, 0.15) is 19.8 Å². The van der Waals surface area contributed by atoms with E-state index in [2.05, 4.69) is 11.8 Å². The van der Waals surface area contributed by atoms with Crippen LogP contribution < -0.4 is 10.6 Å². The summed E-state index contributed by atoms with van der Waals surface area (Å²) >= 11 is 1.96. The zero-order valence-electron chi connectivity index (χ0n) is 11.3. The maximum Gasteiger partial charge on any atom is 0.138 e. The van der Waals surface area contributed by atoms with Gasteiger partial charge in [-0.15, -0.1) is 0 Å². The molecule has 19 heavy (non-hydrogen) atoms. The van der Waals surface area contributed by atoms with Crippen LogP contribution in [0.2, 0.25) is 0 Å². The number of halogens is 2. The average Bonchev–Trinajstić information content (AvgIpc) is 3.19. The normalized spacial score (nSPS) is 16.4. The first-order valence-electron chi connectivity index (χ1n) is 6.54. The topological polar surface area (TPSA) is 38.5 Å². The van der Waals surface area contributed by atoms with Crippen molar-refractivity contribution in [3.05, 3.63) is 21.5 Å². The third-order valence-corrected chi connectivity index (χ3v) is 4.54. The molecule has 1 saturated carbocycles. The molecule has 1 aliphatic rings. The highest BCUT2D eigenvalue weighted by Crippen LogP contribution is 2.38. The molecule has 1 aliphatic carbocycles. The molecule has 0 aliphatic heterocycles. The summed E-state index contributed by atoms with van der Waals surface area (Å²) in [5.74, 6) is 0.480. The summed E-state index contributed by atoms with van der Waals surface area (Å²) in [6.45, 7) is 3.53. The number of rotatable bonds is 6. The number of methoxy groups -OCH3 is 1. The first kappa shape index (κ1) is 14.8. The first-order chi connectivity index (χ1) is 9.04. The smallest absolute Gasteiger partial charge is 0.138 e. The van der Waals surface area contributed by atoms with E-state index in [0.717, 1.165) is 12.2 Å². The second-order valence-electron chi connectivity index (χ2n) is 5.09. The van der Waals surface area contributed by atoms with Gasteiger partial charge in [-0.2, -0.15) is 0 Å². The van der Waals surface area contributed by atoms with Crippen LogP contribution in [0.3, 0.4) is 0 Å². The summed E-state index contributed by atoms with van der Waals surface area (Å²) in [6.07, 6.45) is 2.49. The van der Waals surface area contributed by atoms with Gasteiger partial charge in [0.1, 0.15) is 5.82 Å². The minimum absolute atomic E-state index is 0.213. The largest absolute Gasteiger partial charge is 0.397 e. The molecule has 1 aromatic rings. The SMILES string of the molecule is COCCN(c1cc(F)c(I)cc1N)C(C)C1CC1. The molecule has 1 fully saturated rings. The summed E-state index contributed by atoms with van der Waals surface area (Å²) in [4.78, 5) is 2.18. The van der Waals surface area contributed by atoms with Gasteiger partial charge in [0.2, 0.25) is 0 Å². The molecule has 2 rings (SSSR count). The molecule has 1 unspecified atom stereocenters. The Bertz CT molecular complexity index is 451. The maximum absolute atomic E-state index is 13.8. The highest BCUT2D eigenvalue weighted by atomic mass is 127. The van der Waals surface area contributed by atoms with Crippen LogP contribution in [0.4, 0.5) is 15.8 Å². The summed E-state index contributed by atoms with van der Waals surface area (Å²) in [7, 11) is 1.68. The summed E-state index contributed by atoms with van der Waals surface area (Å²) in [6, 6.07) is 3.62. The van der Waals surface area contributed by atoms with Gasteiger partial charge in [0.05, 0.1) is 21.6 Å². The second-order valence-corrected chi connectivity index (χ2v) is 6.25. The van der Waals surface area contributed by atoms with E-state index in [-0.39, 0.29) is 5.82 Å². The van der Waals surface area contributed by atoms with E-state index in [4.69, 9.17) is 10.5 Å². The maximum atomic E-state index is 13.8. The van der Waals surface area contributed by atoms with Crippen molar-refractivity contribution in [1.82, 2.24) is 0 Å². The summed E-state index contributed by atoms with van der Waals surface area (Å²) in [5.41, 5.74) is 7.49. The van der Waals surface area contributed by atoms with Gasteiger partial charge in [-0.3, -0.25) is 0 Å². The molecule has 0 aromatic heterocycles. The zero-order chi connectivity index (χ0) is 14.0. The van der Waals surface area contributed by atoms with Crippen LogP contribution in [0, 0.1) is 15.3 Å². The van der Waals surface area contributed by atoms with Crippen molar-refractivity contribution in [2.75, 3.05) is 30.9 Å². The highest BCUT2D eigenvalue weighted by Gasteiger charge is 2.32. The molecular weight excluding hydrogens is 358 g/mol. The summed E-state index contributed by atoms with van der Waals surface area (Å²) in [5, 5.41) is 0. The Morgan fingerprint density at radius 3 is 2.79 bits per heavy atom. The molecular formula is C14H20FIN2O. The molecule has 2 N–H and O–H groups in total. The Morgan fingerprint density at radius 1 is 1.53 bits per heavy atom. The lowest BCUT2D eigenvalue weighted by Gasteiger charge is -2.32. The molecule has 0 saturated heterocycles. The third-order valence-electron chi connectivity index (χ3n) is 3.71. The van der Waals surface area contributed by atoms with Crippen molar-refractivity contribution >= 4 is 34.0 Å². The summed E-state index contributed by atoms with van der Waals surface area (Å²) < 4.78 is 19.5. The molecule has 0 radical (unpaired) electrons. The lowest BCUT2D eigenvalue weighted by atomic mass is 10.1. The van der Waals surface area contributed by atoms with Gasteiger partial charge in [-0.05, 0) is 54.3 Å². The standard InChI is InChI=1S/C14H20FIN2O/c1-9(10-3-4-10)18(5-6-19-2)14-7-11(15)12(16)8-13(14)17/h7-10H,3-6,17H2,1-2H3. The Kier molecular flexibility index (Phi) is 4.89. The van der Waals surface area contributed by atoms with E-state index in [1.807, 2.05) is 22.6 Å². The van der Waals surface area contributed by atoms with Crippen molar-refractivity contribution < 1.29 is 9.13 Å². The number of hydrogen-bond acceptors (Lipinski definition) is 3. The number of anilines is 2. The van der Waals surface area contributed by atoms with Crippen molar-refractivity contribution in [3.63, 3.8) is 0 Å². The zero-order valence-corrected chi connectivity index (χ0v) is 13.5. The molecule has 5 heteroatoms. The number of hydrogen-bond donors (Lipinski definition) is 1. The third kappa shape index (κ3) is 3.51. The van der Waals surface area contributed by atoms with Crippen LogP contribution in [0.15, 0.2) is 12.1 Å². The van der Waals surface area contributed by atoms with E-state index in [0.29, 0.717) is 27.8 Å². The van der Waals surface area contributed by atoms with E-state index >= 15 is 0 Å². The number of ether oxygens (including phenoxy) is 1. The van der Waals surface area contributed by atoms with E-state index in [1.54, 1.807) is 19.2 Å². The number of nitrogen functional groups attached to an aromatic ring is 1. The minimum Gasteiger partial charge on any atom is -0.397 e. The molecule has 0 bridgehead atoms. The van der Waals surface area contributed by atoms with Crippen molar-refractivity contribution in [3.8, 4) is 0 Å². The second kappa shape index (κ2) is 6.26. The van der Waals surface area contributed by atoms with Crippen LogP contribution >= 0.6 is 22.6 Å². The van der Waals surface area contributed by atoms with E-state index in [9.17, 15) is 4.39 Å².